The van der Waals surface area contributed by atoms with Crippen LogP contribution in [0.1, 0.15) is 20.8 Å². The third-order valence-corrected chi connectivity index (χ3v) is 4.46. The number of rotatable bonds is 7. The fourth-order valence-corrected chi connectivity index (χ4v) is 3.30. The van der Waals surface area contributed by atoms with E-state index in [-0.39, 0.29) is 11.9 Å². The molecule has 0 N–H and O–H groups in total. The van der Waals surface area contributed by atoms with Crippen LogP contribution in [-0.2, 0) is 14.3 Å². The number of methoxy groups -OCH3 is 1. The minimum Gasteiger partial charge on any atom is -0.469 e. The third-order valence-electron chi connectivity index (χ3n) is 3.12. The number of ether oxygens (including phenoxy) is 2. The molecule has 1 aliphatic rings. The van der Waals surface area contributed by atoms with Crippen LogP contribution in [0.15, 0.2) is 0 Å². The Balaban J connectivity index is 2.20. The molecular formula is C14H27NO3S. The number of thioether (sulfide) groups is 1. The van der Waals surface area contributed by atoms with Crippen molar-refractivity contribution in [1.29, 1.82) is 0 Å². The smallest absolute Gasteiger partial charge is 0.309 e. The van der Waals surface area contributed by atoms with Crippen molar-refractivity contribution in [3.05, 3.63) is 0 Å². The van der Waals surface area contributed by atoms with Gasteiger partial charge in [-0.05, 0) is 5.92 Å². The van der Waals surface area contributed by atoms with E-state index in [1.807, 2.05) is 6.92 Å². The molecule has 0 amide bonds. The summed E-state index contributed by atoms with van der Waals surface area (Å²) in [7, 11) is 1.44. The lowest BCUT2D eigenvalue weighted by atomic mass is 10.2. The maximum atomic E-state index is 11.3. The van der Waals surface area contributed by atoms with E-state index < -0.39 is 0 Å². The van der Waals surface area contributed by atoms with E-state index >= 15 is 0 Å². The van der Waals surface area contributed by atoms with Crippen LogP contribution in [-0.4, -0.2) is 61.8 Å². The SMILES string of the molecule is COC(=O)C(C)CSCC1CN(CC(C)C)CCO1. The van der Waals surface area contributed by atoms with E-state index in [9.17, 15) is 4.79 Å². The number of carbonyl (C=O) groups excluding carboxylic acids is 1. The lowest BCUT2D eigenvalue weighted by Gasteiger charge is -2.33. The van der Waals surface area contributed by atoms with E-state index in [4.69, 9.17) is 9.47 Å². The second kappa shape index (κ2) is 8.82. The average Bonchev–Trinajstić information content (AvgIpc) is 2.37. The Hall–Kier alpha value is -0.260. The summed E-state index contributed by atoms with van der Waals surface area (Å²) in [6, 6.07) is 0. The second-order valence-corrected chi connectivity index (χ2v) is 6.68. The summed E-state index contributed by atoms with van der Waals surface area (Å²) in [5, 5.41) is 0. The van der Waals surface area contributed by atoms with E-state index in [0.717, 1.165) is 37.7 Å². The Morgan fingerprint density at radius 1 is 1.47 bits per heavy atom. The van der Waals surface area contributed by atoms with Crippen molar-refractivity contribution in [1.82, 2.24) is 4.90 Å². The van der Waals surface area contributed by atoms with Gasteiger partial charge in [0.05, 0.1) is 25.7 Å². The number of carbonyl (C=O) groups is 1. The maximum Gasteiger partial charge on any atom is 0.309 e. The van der Waals surface area contributed by atoms with Crippen LogP contribution in [0.25, 0.3) is 0 Å². The van der Waals surface area contributed by atoms with E-state index in [0.29, 0.717) is 12.0 Å². The molecule has 2 unspecified atom stereocenters. The molecule has 2 atom stereocenters. The highest BCUT2D eigenvalue weighted by atomic mass is 32.2. The third kappa shape index (κ3) is 6.63. The first kappa shape index (κ1) is 16.8. The van der Waals surface area contributed by atoms with Crippen LogP contribution in [0, 0.1) is 11.8 Å². The second-order valence-electron chi connectivity index (χ2n) is 5.61. The van der Waals surface area contributed by atoms with Gasteiger partial charge in [-0.3, -0.25) is 9.69 Å². The van der Waals surface area contributed by atoms with Crippen molar-refractivity contribution in [2.45, 2.75) is 26.9 Å². The molecule has 0 aromatic rings. The Kier molecular flexibility index (Phi) is 7.80. The molecule has 0 aromatic heterocycles. The Labute approximate surface area is 121 Å². The van der Waals surface area contributed by atoms with Gasteiger partial charge < -0.3 is 9.47 Å². The quantitative estimate of drug-likeness (QED) is 0.669. The van der Waals surface area contributed by atoms with Gasteiger partial charge in [0.1, 0.15) is 0 Å². The number of hydrogen-bond donors (Lipinski definition) is 0. The van der Waals surface area contributed by atoms with Crippen molar-refractivity contribution in [3.8, 4) is 0 Å². The molecule has 0 aromatic carbocycles. The topological polar surface area (TPSA) is 38.8 Å². The molecule has 1 aliphatic heterocycles. The highest BCUT2D eigenvalue weighted by molar-refractivity contribution is 7.99. The molecule has 0 saturated carbocycles. The molecule has 1 rings (SSSR count). The predicted molar refractivity (Wildman–Crippen MR) is 79.5 cm³/mol. The average molecular weight is 289 g/mol. The predicted octanol–water partition coefficient (Wildman–Crippen LogP) is 1.89. The highest BCUT2D eigenvalue weighted by Gasteiger charge is 2.21. The zero-order valence-electron chi connectivity index (χ0n) is 12.6. The van der Waals surface area contributed by atoms with Crippen molar-refractivity contribution in [2.75, 3.05) is 44.9 Å². The number of nitrogens with zero attached hydrogens (tertiary/aromatic N) is 1. The number of morpholine rings is 1. The maximum absolute atomic E-state index is 11.3. The molecular weight excluding hydrogens is 262 g/mol. The molecule has 1 saturated heterocycles. The monoisotopic (exact) mass is 289 g/mol. The summed E-state index contributed by atoms with van der Waals surface area (Å²) in [6.07, 6.45) is 0.294. The molecule has 112 valence electrons. The first-order valence-electron chi connectivity index (χ1n) is 7.02. The fourth-order valence-electron chi connectivity index (χ4n) is 2.21. The van der Waals surface area contributed by atoms with Gasteiger partial charge >= 0.3 is 5.97 Å². The molecule has 0 bridgehead atoms. The summed E-state index contributed by atoms with van der Waals surface area (Å²) >= 11 is 1.78. The number of hydrogen-bond acceptors (Lipinski definition) is 5. The lowest BCUT2D eigenvalue weighted by molar-refractivity contribution is -0.144. The van der Waals surface area contributed by atoms with Gasteiger partial charge in [0, 0.05) is 31.1 Å². The van der Waals surface area contributed by atoms with Crippen molar-refractivity contribution in [3.63, 3.8) is 0 Å². The molecule has 0 spiro atoms. The number of esters is 1. The van der Waals surface area contributed by atoms with Gasteiger partial charge in [-0.25, -0.2) is 0 Å². The van der Waals surface area contributed by atoms with E-state index in [1.54, 1.807) is 11.8 Å². The molecule has 1 heterocycles. The molecule has 5 heteroatoms. The fraction of sp³-hybridized carbons (Fsp3) is 0.929. The zero-order valence-corrected chi connectivity index (χ0v) is 13.4. The van der Waals surface area contributed by atoms with Gasteiger partial charge in [0.25, 0.3) is 0 Å². The molecule has 0 radical (unpaired) electrons. The Bertz CT molecular complexity index is 273. The first-order chi connectivity index (χ1) is 9.02. The summed E-state index contributed by atoms with van der Waals surface area (Å²) < 4.78 is 10.5. The van der Waals surface area contributed by atoms with Crippen molar-refractivity contribution in [2.24, 2.45) is 11.8 Å². The summed E-state index contributed by atoms with van der Waals surface area (Å²) in [4.78, 5) is 13.8. The minimum atomic E-state index is -0.126. The Morgan fingerprint density at radius 3 is 2.84 bits per heavy atom. The van der Waals surface area contributed by atoms with Gasteiger partial charge in [-0.2, -0.15) is 11.8 Å². The molecule has 1 fully saturated rings. The van der Waals surface area contributed by atoms with Crippen molar-refractivity contribution < 1.29 is 14.3 Å². The van der Waals surface area contributed by atoms with E-state index in [2.05, 4.69) is 18.7 Å². The van der Waals surface area contributed by atoms with Gasteiger partial charge in [-0.15, -0.1) is 0 Å². The van der Waals surface area contributed by atoms with Crippen molar-refractivity contribution >= 4 is 17.7 Å². The summed E-state index contributed by atoms with van der Waals surface area (Å²) in [5.74, 6) is 2.29. The molecule has 19 heavy (non-hydrogen) atoms. The summed E-state index contributed by atoms with van der Waals surface area (Å²) in [6.45, 7) is 10.4. The highest BCUT2D eigenvalue weighted by Crippen LogP contribution is 2.16. The van der Waals surface area contributed by atoms with Crippen LogP contribution in [0.4, 0.5) is 0 Å². The van der Waals surface area contributed by atoms with Gasteiger partial charge in [-0.1, -0.05) is 20.8 Å². The van der Waals surface area contributed by atoms with Crippen LogP contribution >= 0.6 is 11.8 Å². The van der Waals surface area contributed by atoms with Crippen LogP contribution in [0.5, 0.6) is 0 Å². The Morgan fingerprint density at radius 2 is 2.21 bits per heavy atom. The largest absolute Gasteiger partial charge is 0.469 e. The lowest BCUT2D eigenvalue weighted by Crippen LogP contribution is -2.45. The first-order valence-corrected chi connectivity index (χ1v) is 8.18. The molecule has 4 nitrogen and oxygen atoms in total. The normalized spacial score (nSPS) is 22.5. The van der Waals surface area contributed by atoms with Gasteiger partial charge in [0.15, 0.2) is 0 Å². The summed E-state index contributed by atoms with van der Waals surface area (Å²) in [5.41, 5.74) is 0. The van der Waals surface area contributed by atoms with Crippen LogP contribution < -0.4 is 0 Å². The van der Waals surface area contributed by atoms with Gasteiger partial charge in [0.2, 0.25) is 0 Å². The zero-order chi connectivity index (χ0) is 14.3. The minimum absolute atomic E-state index is 0.0367. The molecule has 0 aliphatic carbocycles. The standard InChI is InChI=1S/C14H27NO3S/c1-11(2)7-15-5-6-18-13(8-15)10-19-9-12(3)14(16)17-4/h11-13H,5-10H2,1-4H3. The van der Waals surface area contributed by atoms with Crippen LogP contribution in [0.2, 0.25) is 0 Å². The van der Waals surface area contributed by atoms with Crippen LogP contribution in [0.3, 0.4) is 0 Å². The van der Waals surface area contributed by atoms with E-state index in [1.165, 1.54) is 7.11 Å².